The van der Waals surface area contributed by atoms with Crippen LogP contribution in [0.15, 0.2) is 53.4 Å². The van der Waals surface area contributed by atoms with E-state index < -0.39 is 36.2 Å². The van der Waals surface area contributed by atoms with Gasteiger partial charge in [0.25, 0.3) is 10.0 Å². The quantitative estimate of drug-likeness (QED) is 0.180. The molecule has 1 heterocycles. The molecule has 2 atom stereocenters. The first kappa shape index (κ1) is 32.5. The second-order valence-electron chi connectivity index (χ2n) is 9.50. The monoisotopic (exact) mass is 587 g/mol. The molecule has 2 unspecified atom stereocenters. The van der Waals surface area contributed by atoms with Gasteiger partial charge in [0.15, 0.2) is 0 Å². The van der Waals surface area contributed by atoms with Gasteiger partial charge in [0.2, 0.25) is 0 Å². The van der Waals surface area contributed by atoms with Crippen molar-refractivity contribution in [3.05, 3.63) is 54.1 Å². The molecular weight excluding hydrogens is 549 g/mol. The molecule has 0 radical (unpaired) electrons. The largest absolute Gasteiger partial charge is 0.471 e. The van der Waals surface area contributed by atoms with Crippen LogP contribution in [0.5, 0.6) is 0 Å². The van der Waals surface area contributed by atoms with Gasteiger partial charge in [-0.3, -0.25) is 13.7 Å². The maximum atomic E-state index is 13.0. The zero-order valence-corrected chi connectivity index (χ0v) is 24.2. The first-order valence-electron chi connectivity index (χ1n) is 12.4. The highest BCUT2D eigenvalue weighted by Gasteiger charge is 2.36. The predicted molar refractivity (Wildman–Crippen MR) is 148 cm³/mol. The number of carbonyl (C=O) groups is 1. The fraction of sp³-hybridized carbons (Fsp3) is 0.480. The van der Waals surface area contributed by atoms with Crippen LogP contribution in [-0.2, 0) is 23.8 Å². The van der Waals surface area contributed by atoms with E-state index in [1.54, 1.807) is 31.2 Å². The third kappa shape index (κ3) is 9.79. The highest BCUT2D eigenvalue weighted by Crippen LogP contribution is 2.39. The molecule has 1 saturated heterocycles. The lowest BCUT2D eigenvalue weighted by molar-refractivity contribution is -0.0148. The number of phosphoric ester groups is 1. The van der Waals surface area contributed by atoms with Crippen LogP contribution < -0.4 is 10.0 Å². The number of hydrogen-bond acceptors (Lipinski definition) is 7. The third-order valence-corrected chi connectivity index (χ3v) is 8.05. The Morgan fingerprint density at radius 3 is 2.31 bits per heavy atom. The first-order valence-corrected chi connectivity index (χ1v) is 15.4. The van der Waals surface area contributed by atoms with Gasteiger partial charge in [-0.2, -0.15) is 0 Å². The summed E-state index contributed by atoms with van der Waals surface area (Å²) in [5.41, 5.74) is 7.91. The van der Waals surface area contributed by atoms with Crippen molar-refractivity contribution in [2.75, 3.05) is 29.8 Å². The molecule has 0 bridgehead atoms. The summed E-state index contributed by atoms with van der Waals surface area (Å²) in [6.45, 7) is 8.62. The summed E-state index contributed by atoms with van der Waals surface area (Å²) in [7, 11) is -8.32. The summed E-state index contributed by atoms with van der Waals surface area (Å²) < 4.78 is 47.7. The Kier molecular flexibility index (Phi) is 11.8. The summed E-state index contributed by atoms with van der Waals surface area (Å²) in [5, 5.41) is 9.07. The van der Waals surface area contributed by atoms with Gasteiger partial charge in [-0.25, -0.2) is 17.8 Å². The number of aryl methyl sites for hydroxylation is 1. The Bertz CT molecular complexity index is 1230. The standard InChI is InChI=1S/C17H22N2O2S.C8H16NO7P/c1-13(2)12-19(16-6-4-5-14(3)11-16)22(20,21)17-9-7-15(18)8-10-17;1-2-7(16-17(12,13)14)9(8(10)11)6-3-4-15-5-6/h4-11,13H,12,18H2,1-3H3;6-7H,2-5H2,1H3,(H,10,11)(H2,12,13,14). The molecule has 0 saturated carbocycles. The highest BCUT2D eigenvalue weighted by atomic mass is 32.2. The Balaban J connectivity index is 0.000000283. The topological polar surface area (TPSA) is 180 Å². The van der Waals surface area contributed by atoms with Crippen molar-refractivity contribution in [2.24, 2.45) is 5.92 Å². The van der Waals surface area contributed by atoms with Crippen molar-refractivity contribution >= 4 is 35.3 Å². The summed E-state index contributed by atoms with van der Waals surface area (Å²) in [4.78, 5) is 29.7. The van der Waals surface area contributed by atoms with Crippen molar-refractivity contribution < 1.29 is 41.9 Å². The second kappa shape index (κ2) is 14.1. The Morgan fingerprint density at radius 2 is 1.85 bits per heavy atom. The molecule has 5 N–H and O–H groups in total. The molecule has 1 fully saturated rings. The highest BCUT2D eigenvalue weighted by molar-refractivity contribution is 7.92. The summed E-state index contributed by atoms with van der Waals surface area (Å²) >= 11 is 0. The number of nitrogens with two attached hydrogens (primary N) is 1. The van der Waals surface area contributed by atoms with Crippen LogP contribution in [0.25, 0.3) is 0 Å². The first-order chi connectivity index (χ1) is 18.2. The van der Waals surface area contributed by atoms with Crippen molar-refractivity contribution in [3.63, 3.8) is 0 Å². The molecule has 3 rings (SSSR count). The maximum Gasteiger partial charge on any atom is 0.471 e. The summed E-state index contributed by atoms with van der Waals surface area (Å²) in [5.74, 6) is 0.212. The fourth-order valence-electron chi connectivity index (χ4n) is 3.96. The molecular formula is C25H38N3O9PS. The van der Waals surface area contributed by atoms with Crippen LogP contribution in [0.3, 0.4) is 0 Å². The van der Waals surface area contributed by atoms with Gasteiger partial charge >= 0.3 is 13.9 Å². The van der Waals surface area contributed by atoms with Crippen LogP contribution in [-0.4, -0.2) is 66.3 Å². The SMILES string of the molecule is CCC(OP(=O)(O)O)N(C(=O)O)C1CCOC1.Cc1cccc(N(CC(C)C)S(=O)(=O)c2ccc(N)cc2)c1. The molecule has 2 aromatic rings. The third-order valence-electron chi connectivity index (χ3n) is 5.73. The molecule has 12 nitrogen and oxygen atoms in total. The molecule has 1 aliphatic rings. The molecule has 218 valence electrons. The number of amides is 1. The van der Waals surface area contributed by atoms with E-state index in [-0.39, 0.29) is 23.8 Å². The second-order valence-corrected chi connectivity index (χ2v) is 12.6. The van der Waals surface area contributed by atoms with Crippen LogP contribution in [0.2, 0.25) is 0 Å². The molecule has 1 aliphatic heterocycles. The smallest absolute Gasteiger partial charge is 0.465 e. The van der Waals surface area contributed by atoms with Crippen molar-refractivity contribution in [3.8, 4) is 0 Å². The van der Waals surface area contributed by atoms with E-state index in [0.29, 0.717) is 30.9 Å². The lowest BCUT2D eigenvalue weighted by Gasteiger charge is -2.32. The fourth-order valence-corrected chi connectivity index (χ4v) is 6.15. The van der Waals surface area contributed by atoms with Crippen LogP contribution in [0, 0.1) is 12.8 Å². The summed E-state index contributed by atoms with van der Waals surface area (Å²) in [6, 6.07) is 13.4. The number of nitrogens with zero attached hydrogens (tertiary/aromatic N) is 2. The van der Waals surface area contributed by atoms with E-state index in [1.807, 2.05) is 45.0 Å². The minimum absolute atomic E-state index is 0.147. The zero-order valence-electron chi connectivity index (χ0n) is 22.5. The van der Waals surface area contributed by atoms with E-state index in [1.165, 1.54) is 4.31 Å². The van der Waals surface area contributed by atoms with E-state index in [0.717, 1.165) is 10.5 Å². The van der Waals surface area contributed by atoms with Crippen LogP contribution in [0.4, 0.5) is 16.2 Å². The average Bonchev–Trinajstić information content (AvgIpc) is 3.36. The number of rotatable bonds is 10. The van der Waals surface area contributed by atoms with E-state index >= 15 is 0 Å². The number of hydrogen-bond donors (Lipinski definition) is 4. The van der Waals surface area contributed by atoms with E-state index in [4.69, 9.17) is 25.4 Å². The molecule has 2 aromatic carbocycles. The molecule has 0 aromatic heterocycles. The van der Waals surface area contributed by atoms with Gasteiger partial charge in [-0.15, -0.1) is 0 Å². The van der Waals surface area contributed by atoms with Gasteiger partial charge in [0, 0.05) is 18.8 Å². The van der Waals surface area contributed by atoms with Gasteiger partial charge in [-0.1, -0.05) is 32.9 Å². The lowest BCUT2D eigenvalue weighted by Crippen LogP contribution is -2.47. The predicted octanol–water partition coefficient (Wildman–Crippen LogP) is 4.03. The van der Waals surface area contributed by atoms with Gasteiger partial charge in [0.05, 0.1) is 23.2 Å². The normalized spacial score (nSPS) is 16.3. The zero-order chi connectivity index (χ0) is 29.4. The summed E-state index contributed by atoms with van der Waals surface area (Å²) in [6.07, 6.45) is -1.80. The van der Waals surface area contributed by atoms with Gasteiger partial charge in [-0.05, 0) is 67.6 Å². The van der Waals surface area contributed by atoms with Crippen molar-refractivity contribution in [2.45, 2.75) is 57.7 Å². The van der Waals surface area contributed by atoms with Crippen molar-refractivity contribution in [1.29, 1.82) is 0 Å². The number of nitrogen functional groups attached to an aromatic ring is 1. The molecule has 0 spiro atoms. The van der Waals surface area contributed by atoms with Crippen molar-refractivity contribution in [1.82, 2.24) is 4.90 Å². The molecule has 1 amide bonds. The number of sulfonamides is 1. The molecule has 39 heavy (non-hydrogen) atoms. The Labute approximate surface area is 229 Å². The minimum atomic E-state index is -4.72. The van der Waals surface area contributed by atoms with Crippen LogP contribution >= 0.6 is 7.82 Å². The van der Waals surface area contributed by atoms with E-state index in [9.17, 15) is 17.8 Å². The number of phosphoric acid groups is 1. The molecule has 14 heteroatoms. The number of anilines is 2. The van der Waals surface area contributed by atoms with E-state index in [2.05, 4.69) is 4.52 Å². The maximum absolute atomic E-state index is 13.0. The molecule has 0 aliphatic carbocycles. The van der Waals surface area contributed by atoms with Gasteiger partial charge < -0.3 is 25.4 Å². The Hall–Kier alpha value is -2.67. The Morgan fingerprint density at radius 1 is 1.21 bits per heavy atom. The number of benzene rings is 2. The average molecular weight is 588 g/mol. The number of carboxylic acid groups (broad SMARTS) is 1. The van der Waals surface area contributed by atoms with Crippen LogP contribution in [0.1, 0.15) is 39.2 Å². The lowest BCUT2D eigenvalue weighted by atomic mass is 10.2. The van der Waals surface area contributed by atoms with Gasteiger partial charge in [0.1, 0.15) is 6.23 Å². The number of ether oxygens (including phenoxy) is 1. The minimum Gasteiger partial charge on any atom is -0.465 e.